The van der Waals surface area contributed by atoms with Gasteiger partial charge in [-0.1, -0.05) is 39.0 Å². The van der Waals surface area contributed by atoms with Crippen molar-refractivity contribution in [1.29, 1.82) is 0 Å². The van der Waals surface area contributed by atoms with Gasteiger partial charge in [0.05, 0.1) is 6.61 Å². The highest BCUT2D eigenvalue weighted by atomic mass is 16.5. The Morgan fingerprint density at radius 2 is 1.65 bits per heavy atom. The summed E-state index contributed by atoms with van der Waals surface area (Å²) in [6, 6.07) is 10.1. The fourth-order valence-electron chi connectivity index (χ4n) is 1.97. The first kappa shape index (κ1) is 17.0. The topological polar surface area (TPSA) is 21.3 Å². The third-order valence-electron chi connectivity index (χ3n) is 4.10. The lowest BCUT2D eigenvalue weighted by Crippen LogP contribution is -2.45. The van der Waals surface area contributed by atoms with E-state index in [0.29, 0.717) is 5.92 Å². The molecule has 0 radical (unpaired) electrons. The molecule has 0 heterocycles. The van der Waals surface area contributed by atoms with Crippen molar-refractivity contribution in [2.75, 3.05) is 13.2 Å². The van der Waals surface area contributed by atoms with Gasteiger partial charge in [-0.05, 0) is 50.7 Å². The summed E-state index contributed by atoms with van der Waals surface area (Å²) >= 11 is 0. The molecule has 1 N–H and O–H groups in total. The molecule has 2 heteroatoms. The largest absolute Gasteiger partial charge is 0.494 e. The molecule has 0 bridgehead atoms. The number of rotatable bonds is 7. The molecule has 0 spiro atoms. The van der Waals surface area contributed by atoms with Crippen molar-refractivity contribution in [3.05, 3.63) is 30.3 Å². The molecule has 0 aromatic heterocycles. The van der Waals surface area contributed by atoms with Gasteiger partial charge in [0.25, 0.3) is 0 Å². The van der Waals surface area contributed by atoms with Crippen molar-refractivity contribution >= 4 is 0 Å². The highest BCUT2D eigenvalue weighted by molar-refractivity contribution is 5.20. The van der Waals surface area contributed by atoms with Crippen molar-refractivity contribution in [3.8, 4) is 5.75 Å². The Hall–Kier alpha value is -1.02. The third-order valence-corrected chi connectivity index (χ3v) is 4.10. The lowest BCUT2D eigenvalue weighted by atomic mass is 9.76. The van der Waals surface area contributed by atoms with E-state index in [1.54, 1.807) is 0 Å². The molecular formula is C18H31NO. The van der Waals surface area contributed by atoms with Gasteiger partial charge >= 0.3 is 0 Å². The summed E-state index contributed by atoms with van der Waals surface area (Å²) in [6.07, 6.45) is 1.06. The second kappa shape index (κ2) is 7.12. The van der Waals surface area contributed by atoms with E-state index in [9.17, 15) is 0 Å². The Labute approximate surface area is 124 Å². The van der Waals surface area contributed by atoms with Crippen molar-refractivity contribution < 1.29 is 4.74 Å². The lowest BCUT2D eigenvalue weighted by Gasteiger charge is -2.37. The molecule has 0 fully saturated rings. The minimum atomic E-state index is 0.163. The fraction of sp³-hybridized carbons (Fsp3) is 0.667. The first-order chi connectivity index (χ1) is 9.23. The van der Waals surface area contributed by atoms with E-state index in [4.69, 9.17) is 4.74 Å². The van der Waals surface area contributed by atoms with Crippen LogP contribution in [-0.4, -0.2) is 18.7 Å². The third kappa shape index (κ3) is 5.96. The van der Waals surface area contributed by atoms with Gasteiger partial charge in [-0.2, -0.15) is 0 Å². The number of hydrogen-bond acceptors (Lipinski definition) is 2. The average Bonchev–Trinajstić information content (AvgIpc) is 2.37. The van der Waals surface area contributed by atoms with E-state index in [-0.39, 0.29) is 11.0 Å². The number of para-hydroxylation sites is 1. The van der Waals surface area contributed by atoms with Crippen LogP contribution in [0.2, 0.25) is 0 Å². The van der Waals surface area contributed by atoms with E-state index in [0.717, 1.165) is 25.3 Å². The van der Waals surface area contributed by atoms with Gasteiger partial charge in [-0.15, -0.1) is 0 Å². The molecule has 1 rings (SSSR count). The second-order valence-corrected chi connectivity index (χ2v) is 7.32. The maximum atomic E-state index is 5.86. The van der Waals surface area contributed by atoms with Crippen LogP contribution < -0.4 is 10.1 Å². The smallest absolute Gasteiger partial charge is 0.119 e. The summed E-state index contributed by atoms with van der Waals surface area (Å²) in [7, 11) is 0. The Bertz CT molecular complexity index is 380. The maximum absolute atomic E-state index is 5.86. The van der Waals surface area contributed by atoms with Crippen LogP contribution >= 0.6 is 0 Å². The molecule has 0 saturated heterocycles. The van der Waals surface area contributed by atoms with Crippen LogP contribution in [0.1, 0.15) is 48.0 Å². The van der Waals surface area contributed by atoms with Gasteiger partial charge in [-0.25, -0.2) is 0 Å². The minimum absolute atomic E-state index is 0.163. The molecule has 1 atom stereocenters. The minimum Gasteiger partial charge on any atom is -0.494 e. The number of ether oxygens (including phenoxy) is 1. The maximum Gasteiger partial charge on any atom is 0.119 e. The van der Waals surface area contributed by atoms with Crippen molar-refractivity contribution in [2.45, 2.75) is 53.5 Å². The molecular weight excluding hydrogens is 246 g/mol. The van der Waals surface area contributed by atoms with Crippen molar-refractivity contribution in [3.63, 3.8) is 0 Å². The van der Waals surface area contributed by atoms with Crippen LogP contribution in [0.25, 0.3) is 0 Å². The van der Waals surface area contributed by atoms with Gasteiger partial charge in [0.2, 0.25) is 0 Å². The summed E-state index contributed by atoms with van der Waals surface area (Å²) in [5.41, 5.74) is 0.415. The summed E-state index contributed by atoms with van der Waals surface area (Å²) in [4.78, 5) is 0. The van der Waals surface area contributed by atoms with E-state index in [1.807, 2.05) is 30.3 Å². The Balaban J connectivity index is 2.50. The molecule has 0 saturated carbocycles. The first-order valence-electron chi connectivity index (χ1n) is 7.66. The van der Waals surface area contributed by atoms with E-state index in [2.05, 4.69) is 46.9 Å². The summed E-state index contributed by atoms with van der Waals surface area (Å²) in [6.45, 7) is 15.4. The van der Waals surface area contributed by atoms with Crippen molar-refractivity contribution in [2.24, 2.45) is 11.3 Å². The van der Waals surface area contributed by atoms with Crippen LogP contribution in [0, 0.1) is 11.3 Å². The summed E-state index contributed by atoms with van der Waals surface area (Å²) in [5, 5.41) is 3.64. The van der Waals surface area contributed by atoms with Crippen LogP contribution in [0.15, 0.2) is 30.3 Å². The first-order valence-corrected chi connectivity index (χ1v) is 7.66. The van der Waals surface area contributed by atoms with E-state index in [1.165, 1.54) is 0 Å². The van der Waals surface area contributed by atoms with Crippen LogP contribution in [-0.2, 0) is 0 Å². The number of nitrogens with one attached hydrogen (secondary N) is 1. The van der Waals surface area contributed by atoms with Crippen LogP contribution in [0.5, 0.6) is 5.75 Å². The van der Waals surface area contributed by atoms with Crippen molar-refractivity contribution in [1.82, 2.24) is 5.32 Å². The second-order valence-electron chi connectivity index (χ2n) is 7.32. The molecule has 0 amide bonds. The quantitative estimate of drug-likeness (QED) is 0.792. The lowest BCUT2D eigenvalue weighted by molar-refractivity contribution is 0.139. The van der Waals surface area contributed by atoms with E-state index < -0.39 is 0 Å². The normalized spacial score (nSPS) is 15.2. The molecule has 1 aromatic rings. The van der Waals surface area contributed by atoms with Gasteiger partial charge < -0.3 is 10.1 Å². The zero-order valence-corrected chi connectivity index (χ0v) is 14.0. The summed E-state index contributed by atoms with van der Waals surface area (Å²) in [5.74, 6) is 1.58. The van der Waals surface area contributed by atoms with Gasteiger partial charge in [0.1, 0.15) is 5.75 Å². The zero-order valence-electron chi connectivity index (χ0n) is 14.0. The molecule has 0 aliphatic carbocycles. The Morgan fingerprint density at radius 3 is 2.15 bits per heavy atom. The molecule has 1 unspecified atom stereocenters. The average molecular weight is 277 g/mol. The number of hydrogen-bond donors (Lipinski definition) is 1. The molecule has 114 valence electrons. The standard InChI is InChI=1S/C18H31NO/c1-15(2)18(6,14-19-17(3,4)5)12-13-20-16-10-8-7-9-11-16/h7-11,15,19H,12-14H2,1-6H3. The van der Waals surface area contributed by atoms with E-state index >= 15 is 0 Å². The molecule has 0 aliphatic rings. The van der Waals surface area contributed by atoms with Gasteiger partial charge in [0.15, 0.2) is 0 Å². The van der Waals surface area contributed by atoms with Crippen LogP contribution in [0.3, 0.4) is 0 Å². The monoisotopic (exact) mass is 277 g/mol. The predicted molar refractivity (Wildman–Crippen MR) is 87.3 cm³/mol. The number of benzene rings is 1. The molecule has 2 nitrogen and oxygen atoms in total. The SMILES string of the molecule is CC(C)C(C)(CCOc1ccccc1)CNC(C)(C)C. The van der Waals surface area contributed by atoms with Gasteiger partial charge in [0, 0.05) is 12.1 Å². The molecule has 0 aliphatic heterocycles. The predicted octanol–water partition coefficient (Wildman–Crippen LogP) is 4.51. The zero-order chi connectivity index (χ0) is 15.2. The summed E-state index contributed by atoms with van der Waals surface area (Å²) < 4.78 is 5.86. The highest BCUT2D eigenvalue weighted by Crippen LogP contribution is 2.31. The van der Waals surface area contributed by atoms with Gasteiger partial charge in [-0.3, -0.25) is 0 Å². The Morgan fingerprint density at radius 1 is 1.05 bits per heavy atom. The fourth-order valence-corrected chi connectivity index (χ4v) is 1.97. The Kier molecular flexibility index (Phi) is 6.07. The highest BCUT2D eigenvalue weighted by Gasteiger charge is 2.29. The molecule has 1 aromatic carbocycles. The molecule has 20 heavy (non-hydrogen) atoms. The van der Waals surface area contributed by atoms with Crippen LogP contribution in [0.4, 0.5) is 0 Å².